The van der Waals surface area contributed by atoms with E-state index in [1.807, 2.05) is 17.7 Å². The summed E-state index contributed by atoms with van der Waals surface area (Å²) in [4.78, 5) is 15.3. The molecule has 0 spiro atoms. The fraction of sp³-hybridized carbons (Fsp3) is 0.467. The third-order valence-corrected chi connectivity index (χ3v) is 9.79. The standard InChI is InChI=1S/C30H28F5N7O/c1-17-12-40(7-6-29(17,31)32)13-18-8-22(30(33,34)35)23-15-41(27(43)42(23)14-18)21-5-3-4-20(9-21)28-10-19(11-36)24(28)25(28)26-38-37-16-39(26)2/h3-5,8-9,14-17,19,24-25H,6-7,10,12-13H2,1-2H3/t17?,19-,24?,25?,28+/m1/s1. The minimum Gasteiger partial charge on any atom is -0.320 e. The summed E-state index contributed by atoms with van der Waals surface area (Å²) in [7, 11) is 1.85. The highest BCUT2D eigenvalue weighted by molar-refractivity contribution is 5.59. The van der Waals surface area contributed by atoms with Gasteiger partial charge in [-0.15, -0.1) is 10.2 Å². The molecule has 0 amide bonds. The predicted molar refractivity (Wildman–Crippen MR) is 145 cm³/mol. The van der Waals surface area contributed by atoms with Gasteiger partial charge in [-0.1, -0.05) is 19.1 Å². The molecule has 3 aliphatic rings. The number of imidazole rings is 1. The second-order valence-corrected chi connectivity index (χ2v) is 12.3. The summed E-state index contributed by atoms with van der Waals surface area (Å²) in [5, 5.41) is 17.9. The number of hydrogen-bond acceptors (Lipinski definition) is 5. The van der Waals surface area contributed by atoms with Gasteiger partial charge in [0, 0.05) is 62.7 Å². The molecule has 8 nitrogen and oxygen atoms in total. The normalized spacial score (nSPS) is 28.3. The first kappa shape index (κ1) is 27.8. The van der Waals surface area contributed by atoms with Crippen LogP contribution in [0, 0.1) is 29.1 Å². The van der Waals surface area contributed by atoms with Gasteiger partial charge in [0.25, 0.3) is 5.92 Å². The Morgan fingerprint density at radius 1 is 1.19 bits per heavy atom. The lowest BCUT2D eigenvalue weighted by atomic mass is 9.71. The summed E-state index contributed by atoms with van der Waals surface area (Å²) in [6, 6.07) is 10.5. The molecule has 0 N–H and O–H groups in total. The van der Waals surface area contributed by atoms with Crippen molar-refractivity contribution in [2.45, 2.75) is 49.7 Å². The average molecular weight is 598 g/mol. The van der Waals surface area contributed by atoms with Gasteiger partial charge in [0.05, 0.1) is 28.8 Å². The molecule has 0 radical (unpaired) electrons. The molecule has 2 saturated carbocycles. The fourth-order valence-electron chi connectivity index (χ4n) is 7.49. The maximum absolute atomic E-state index is 14.3. The van der Waals surface area contributed by atoms with Crippen molar-refractivity contribution >= 4 is 5.52 Å². The number of likely N-dealkylation sites (tertiary alicyclic amines) is 1. The number of hydrogen-bond donors (Lipinski definition) is 0. The first-order chi connectivity index (χ1) is 20.3. The Labute approximate surface area is 243 Å². The van der Waals surface area contributed by atoms with E-state index in [0.717, 1.165) is 21.9 Å². The van der Waals surface area contributed by atoms with Crippen LogP contribution in [0.15, 0.2) is 53.8 Å². The Hall–Kier alpha value is -4.05. The highest BCUT2D eigenvalue weighted by atomic mass is 19.4. The molecule has 1 aromatic carbocycles. The van der Waals surface area contributed by atoms with Crippen molar-refractivity contribution in [3.05, 3.63) is 82.1 Å². The Balaban J connectivity index is 1.27. The van der Waals surface area contributed by atoms with Gasteiger partial charge in [0.15, 0.2) is 0 Å². The average Bonchev–Trinajstić information content (AvgIpc) is 3.19. The molecule has 3 unspecified atom stereocenters. The molecule has 0 bridgehead atoms. The smallest absolute Gasteiger partial charge is 0.320 e. The second-order valence-electron chi connectivity index (χ2n) is 12.3. The lowest BCUT2D eigenvalue weighted by Gasteiger charge is -2.36. The number of piperidine rings is 1. The zero-order valence-corrected chi connectivity index (χ0v) is 23.4. The molecule has 43 heavy (non-hydrogen) atoms. The maximum atomic E-state index is 14.3. The first-order valence-corrected chi connectivity index (χ1v) is 14.1. The lowest BCUT2D eigenvalue weighted by Crippen LogP contribution is -2.45. The monoisotopic (exact) mass is 597 g/mol. The van der Waals surface area contributed by atoms with Crippen molar-refractivity contribution in [1.29, 1.82) is 5.26 Å². The van der Waals surface area contributed by atoms with E-state index in [2.05, 4.69) is 16.3 Å². The number of alkyl halides is 5. The lowest BCUT2D eigenvalue weighted by molar-refractivity contribution is -0.136. The molecule has 2 aliphatic carbocycles. The summed E-state index contributed by atoms with van der Waals surface area (Å²) in [6.45, 7) is 1.53. The number of nitriles is 1. The van der Waals surface area contributed by atoms with Gasteiger partial charge in [0.1, 0.15) is 12.2 Å². The first-order valence-electron chi connectivity index (χ1n) is 14.1. The number of benzene rings is 1. The van der Waals surface area contributed by atoms with Crippen LogP contribution in [0.5, 0.6) is 0 Å². The van der Waals surface area contributed by atoms with Crippen LogP contribution in [0.3, 0.4) is 0 Å². The summed E-state index contributed by atoms with van der Waals surface area (Å²) < 4.78 is 74.8. The largest absolute Gasteiger partial charge is 0.418 e. The fourth-order valence-corrected chi connectivity index (χ4v) is 7.49. The van der Waals surface area contributed by atoms with E-state index < -0.39 is 29.3 Å². The minimum atomic E-state index is -4.74. The molecule has 224 valence electrons. The van der Waals surface area contributed by atoms with E-state index in [4.69, 9.17) is 0 Å². The van der Waals surface area contributed by atoms with Gasteiger partial charge in [-0.3, -0.25) is 13.9 Å². The summed E-state index contributed by atoms with van der Waals surface area (Å²) in [5.41, 5.74) is -0.767. The summed E-state index contributed by atoms with van der Waals surface area (Å²) in [6.07, 6.45) is -0.328. The van der Waals surface area contributed by atoms with Crippen LogP contribution in [0.4, 0.5) is 22.0 Å². The highest BCUT2D eigenvalue weighted by Gasteiger charge is 2.77. The third-order valence-electron chi connectivity index (χ3n) is 9.79. The van der Waals surface area contributed by atoms with Gasteiger partial charge in [0.2, 0.25) is 0 Å². The zero-order valence-electron chi connectivity index (χ0n) is 23.4. The summed E-state index contributed by atoms with van der Waals surface area (Å²) in [5.74, 6) is -3.11. The molecule has 1 aliphatic heterocycles. The van der Waals surface area contributed by atoms with E-state index in [1.165, 1.54) is 23.9 Å². The van der Waals surface area contributed by atoms with Gasteiger partial charge in [-0.25, -0.2) is 13.6 Å². The zero-order chi connectivity index (χ0) is 30.5. The second kappa shape index (κ2) is 9.22. The Morgan fingerprint density at radius 2 is 1.98 bits per heavy atom. The van der Waals surface area contributed by atoms with Crippen LogP contribution in [-0.2, 0) is 25.2 Å². The van der Waals surface area contributed by atoms with E-state index >= 15 is 0 Å². The van der Waals surface area contributed by atoms with E-state index in [1.54, 1.807) is 29.4 Å². The van der Waals surface area contributed by atoms with E-state index in [9.17, 15) is 32.0 Å². The van der Waals surface area contributed by atoms with Crippen LogP contribution >= 0.6 is 0 Å². The van der Waals surface area contributed by atoms with Crippen molar-refractivity contribution in [2.24, 2.45) is 24.8 Å². The van der Waals surface area contributed by atoms with Crippen molar-refractivity contribution in [3.8, 4) is 11.8 Å². The molecule has 4 heterocycles. The van der Waals surface area contributed by atoms with Gasteiger partial charge < -0.3 is 4.57 Å². The van der Waals surface area contributed by atoms with Gasteiger partial charge >= 0.3 is 11.9 Å². The number of halogens is 5. The molecule has 5 atom stereocenters. The molecular formula is C30H28F5N7O. The van der Waals surface area contributed by atoms with Gasteiger partial charge in [-0.05, 0) is 41.7 Å². The Kier molecular flexibility index (Phi) is 5.96. The maximum Gasteiger partial charge on any atom is 0.418 e. The molecule has 3 aromatic heterocycles. The van der Waals surface area contributed by atoms with Crippen molar-refractivity contribution in [2.75, 3.05) is 13.1 Å². The van der Waals surface area contributed by atoms with Crippen molar-refractivity contribution in [1.82, 2.24) is 28.6 Å². The minimum absolute atomic E-state index is 0.0138. The van der Waals surface area contributed by atoms with Crippen molar-refractivity contribution < 1.29 is 22.0 Å². The van der Waals surface area contributed by atoms with E-state index in [-0.39, 0.29) is 60.3 Å². The van der Waals surface area contributed by atoms with Crippen LogP contribution in [0.25, 0.3) is 11.2 Å². The number of aryl methyl sites for hydroxylation is 1. The number of aromatic nitrogens is 5. The number of pyridine rings is 1. The topological polar surface area (TPSA) is 84.2 Å². The van der Waals surface area contributed by atoms with Crippen LogP contribution in [0.2, 0.25) is 0 Å². The van der Waals surface area contributed by atoms with Gasteiger partial charge in [-0.2, -0.15) is 18.4 Å². The SMILES string of the molecule is CC1CN(Cc2cc(C(F)(F)F)c3cn(-c4cccc([C@@]56C[C@H](C#N)C5C6c5nncn5C)c4)c(=O)n3c2)CCC1(F)F. The molecule has 3 fully saturated rings. The quantitative estimate of drug-likeness (QED) is 0.306. The van der Waals surface area contributed by atoms with Crippen LogP contribution < -0.4 is 5.69 Å². The van der Waals surface area contributed by atoms with Crippen LogP contribution in [0.1, 0.15) is 48.2 Å². The number of rotatable bonds is 5. The Bertz CT molecular complexity index is 1850. The molecule has 7 rings (SSSR count). The molecule has 13 heteroatoms. The molecule has 4 aromatic rings. The Morgan fingerprint density at radius 3 is 2.65 bits per heavy atom. The number of nitrogens with zero attached hydrogens (tertiary/aromatic N) is 7. The molecule has 1 saturated heterocycles. The highest BCUT2D eigenvalue weighted by Crippen LogP contribution is 2.79. The summed E-state index contributed by atoms with van der Waals surface area (Å²) >= 11 is 0. The predicted octanol–water partition coefficient (Wildman–Crippen LogP) is 4.91. The number of fused-ring (bicyclic) bond motifs is 2. The van der Waals surface area contributed by atoms with E-state index in [0.29, 0.717) is 12.1 Å². The van der Waals surface area contributed by atoms with Crippen LogP contribution in [-0.4, -0.2) is 47.6 Å². The van der Waals surface area contributed by atoms with Crippen molar-refractivity contribution in [3.63, 3.8) is 0 Å². The third kappa shape index (κ3) is 4.13. The molecular weight excluding hydrogens is 569 g/mol.